The molecule has 114 valence electrons. The van der Waals surface area contributed by atoms with Crippen LogP contribution in [0.1, 0.15) is 43.7 Å². The van der Waals surface area contributed by atoms with Crippen molar-refractivity contribution < 1.29 is 4.79 Å². The Balaban J connectivity index is 0.000000921. The number of carbonyl (C=O) groups is 1. The van der Waals surface area contributed by atoms with E-state index in [2.05, 4.69) is 9.97 Å². The van der Waals surface area contributed by atoms with E-state index in [-0.39, 0.29) is 17.5 Å². The highest BCUT2D eigenvalue weighted by Crippen LogP contribution is 2.12. The molecule has 0 saturated carbocycles. The van der Waals surface area contributed by atoms with Crippen LogP contribution in [0.4, 0.5) is 0 Å². The maximum atomic E-state index is 11.9. The zero-order valence-corrected chi connectivity index (χ0v) is 14.2. The second-order valence-corrected chi connectivity index (χ2v) is 4.20. The highest BCUT2D eigenvalue weighted by Gasteiger charge is 2.08. The van der Waals surface area contributed by atoms with Gasteiger partial charge in [0.25, 0.3) is 0 Å². The van der Waals surface area contributed by atoms with Gasteiger partial charge in [-0.2, -0.15) is 0 Å². The molecule has 0 radical (unpaired) electrons. The summed E-state index contributed by atoms with van der Waals surface area (Å²) in [5.74, 6) is -0.0311. The molecule has 0 aliphatic heterocycles. The van der Waals surface area contributed by atoms with Crippen LogP contribution < -0.4 is 0 Å². The summed E-state index contributed by atoms with van der Waals surface area (Å²) in [6.07, 6.45) is 1.73. The Kier molecular flexibility index (Phi) is 10.5. The molecule has 2 rings (SSSR count). The van der Waals surface area contributed by atoms with Crippen molar-refractivity contribution >= 4 is 29.0 Å². The lowest BCUT2D eigenvalue weighted by molar-refractivity contribution is 0.0992. The first-order chi connectivity index (χ1) is 10.1. The molecule has 5 heteroatoms. The highest BCUT2D eigenvalue weighted by molar-refractivity contribution is 6.30. The number of hydrogen-bond donors (Lipinski definition) is 0. The van der Waals surface area contributed by atoms with Gasteiger partial charge < -0.3 is 0 Å². The zero-order chi connectivity index (χ0) is 16.3. The fourth-order valence-electron chi connectivity index (χ4n) is 1.37. The largest absolute Gasteiger partial charge is 0.294 e. The zero-order valence-electron chi connectivity index (χ0n) is 12.7. The lowest BCUT2D eigenvalue weighted by atomic mass is 10.1. The Labute approximate surface area is 136 Å². The fraction of sp³-hybridized carbons (Fsp3) is 0.312. The van der Waals surface area contributed by atoms with E-state index in [1.165, 1.54) is 6.20 Å². The van der Waals surface area contributed by atoms with Crippen LogP contribution in [-0.4, -0.2) is 15.8 Å². The summed E-state index contributed by atoms with van der Waals surface area (Å²) in [5.41, 5.74) is 1.20. The Morgan fingerprint density at radius 3 is 2.10 bits per heavy atom. The number of aromatic nitrogens is 2. The normalized spacial score (nSPS) is 8.86. The number of carbonyl (C=O) groups excluding carboxylic acids is 1. The van der Waals surface area contributed by atoms with E-state index in [0.29, 0.717) is 16.3 Å². The molecular weight excluding hydrogens is 307 g/mol. The Bertz CT molecular complexity index is 542. The lowest BCUT2D eigenvalue weighted by Crippen LogP contribution is -2.05. The minimum atomic E-state index is -0.0311. The molecule has 0 aliphatic rings. The van der Waals surface area contributed by atoms with Gasteiger partial charge in [0, 0.05) is 16.8 Å². The van der Waals surface area contributed by atoms with Crippen LogP contribution in [0.5, 0.6) is 0 Å². The van der Waals surface area contributed by atoms with Crippen LogP contribution in [0, 0.1) is 0 Å². The number of halogens is 2. The van der Waals surface area contributed by atoms with Gasteiger partial charge in [-0.15, -0.1) is 0 Å². The molecule has 1 aromatic heterocycles. The summed E-state index contributed by atoms with van der Waals surface area (Å²) in [6.45, 7) is 8.00. The predicted octanol–water partition coefficient (Wildman–Crippen LogP) is 5.26. The van der Waals surface area contributed by atoms with Gasteiger partial charge in [-0.3, -0.25) is 4.79 Å². The van der Waals surface area contributed by atoms with Crippen LogP contribution in [0.15, 0.2) is 36.5 Å². The summed E-state index contributed by atoms with van der Waals surface area (Å²) in [7, 11) is 0. The fourth-order valence-corrected chi connectivity index (χ4v) is 1.66. The minimum absolute atomic E-state index is 0.0311. The van der Waals surface area contributed by atoms with Crippen molar-refractivity contribution in [2.24, 2.45) is 0 Å². The maximum Gasteiger partial charge on any atom is 0.222 e. The molecule has 0 spiro atoms. The predicted molar refractivity (Wildman–Crippen MR) is 89.2 cm³/mol. The Hall–Kier alpha value is -1.45. The van der Waals surface area contributed by atoms with Crippen LogP contribution in [0.3, 0.4) is 0 Å². The quantitative estimate of drug-likeness (QED) is 0.570. The van der Waals surface area contributed by atoms with E-state index in [1.54, 1.807) is 30.3 Å². The van der Waals surface area contributed by atoms with Crippen molar-refractivity contribution in [1.29, 1.82) is 0 Å². The van der Waals surface area contributed by atoms with Crippen molar-refractivity contribution in [2.75, 3.05) is 0 Å². The Morgan fingerprint density at radius 2 is 1.57 bits per heavy atom. The van der Waals surface area contributed by atoms with Crippen molar-refractivity contribution in [2.45, 2.75) is 34.1 Å². The van der Waals surface area contributed by atoms with Gasteiger partial charge in [0.05, 0.1) is 12.1 Å². The van der Waals surface area contributed by atoms with E-state index in [4.69, 9.17) is 23.2 Å². The molecule has 0 fully saturated rings. The van der Waals surface area contributed by atoms with E-state index in [1.807, 2.05) is 27.7 Å². The topological polar surface area (TPSA) is 42.9 Å². The van der Waals surface area contributed by atoms with Gasteiger partial charge in [-0.25, -0.2) is 9.97 Å². The van der Waals surface area contributed by atoms with Crippen LogP contribution in [0.25, 0.3) is 0 Å². The third-order valence-corrected chi connectivity index (χ3v) is 2.63. The molecule has 21 heavy (non-hydrogen) atoms. The molecule has 0 N–H and O–H groups in total. The number of ketones is 1. The third kappa shape index (κ3) is 7.21. The molecule has 2 aromatic rings. The number of hydrogen-bond acceptors (Lipinski definition) is 3. The second-order valence-electron chi connectivity index (χ2n) is 3.42. The molecule has 1 aromatic carbocycles. The van der Waals surface area contributed by atoms with Crippen molar-refractivity contribution in [3.05, 3.63) is 58.1 Å². The first-order valence-corrected chi connectivity index (χ1v) is 7.67. The summed E-state index contributed by atoms with van der Waals surface area (Å²) in [6, 6.07) is 8.41. The van der Waals surface area contributed by atoms with Crippen molar-refractivity contribution in [3.63, 3.8) is 0 Å². The average Bonchev–Trinajstić information content (AvgIpc) is 2.52. The van der Waals surface area contributed by atoms with Gasteiger partial charge in [-0.05, 0) is 41.9 Å². The van der Waals surface area contributed by atoms with Crippen molar-refractivity contribution in [1.82, 2.24) is 9.97 Å². The minimum Gasteiger partial charge on any atom is -0.294 e. The molecule has 0 amide bonds. The average molecular weight is 327 g/mol. The summed E-state index contributed by atoms with van der Waals surface area (Å²) in [5, 5.41) is 0.748. The second kappa shape index (κ2) is 11.2. The van der Waals surface area contributed by atoms with Gasteiger partial charge in [0.1, 0.15) is 0 Å². The number of rotatable bonds is 3. The molecular formula is C16H20Cl2N2O. The number of benzene rings is 1. The van der Waals surface area contributed by atoms with E-state index in [0.717, 1.165) is 0 Å². The van der Waals surface area contributed by atoms with Crippen LogP contribution in [0.2, 0.25) is 10.3 Å². The highest BCUT2D eigenvalue weighted by atomic mass is 35.5. The standard InChI is InChI=1S/C12H8Cl2N2O.2C2H6/c13-9-3-1-8(2-4-9)11(17)7-10-5-6-15-12(14)16-10;2*1-2/h1-6H,7H2;2*1-2H3. The summed E-state index contributed by atoms with van der Waals surface area (Å²) in [4.78, 5) is 19.6. The van der Waals surface area contributed by atoms with Gasteiger partial charge in [-0.1, -0.05) is 39.3 Å². The molecule has 0 saturated heterocycles. The molecule has 1 heterocycles. The number of nitrogens with zero attached hydrogens (tertiary/aromatic N) is 2. The SMILES string of the molecule is CC.CC.O=C(Cc1ccnc(Cl)n1)c1ccc(Cl)cc1. The molecule has 0 aliphatic carbocycles. The van der Waals surface area contributed by atoms with E-state index >= 15 is 0 Å². The van der Waals surface area contributed by atoms with E-state index < -0.39 is 0 Å². The van der Waals surface area contributed by atoms with Crippen molar-refractivity contribution in [3.8, 4) is 0 Å². The monoisotopic (exact) mass is 326 g/mol. The lowest BCUT2D eigenvalue weighted by Gasteiger charge is -2.01. The first-order valence-electron chi connectivity index (χ1n) is 6.91. The third-order valence-electron chi connectivity index (χ3n) is 2.19. The van der Waals surface area contributed by atoms with Gasteiger partial charge in [0.2, 0.25) is 5.28 Å². The van der Waals surface area contributed by atoms with Gasteiger partial charge >= 0.3 is 0 Å². The van der Waals surface area contributed by atoms with Gasteiger partial charge in [0.15, 0.2) is 5.78 Å². The van der Waals surface area contributed by atoms with E-state index in [9.17, 15) is 4.79 Å². The Morgan fingerprint density at radius 1 is 1.00 bits per heavy atom. The van der Waals surface area contributed by atoms with Crippen LogP contribution >= 0.6 is 23.2 Å². The molecule has 3 nitrogen and oxygen atoms in total. The summed E-state index contributed by atoms with van der Waals surface area (Å²) >= 11 is 11.4. The maximum absolute atomic E-state index is 11.9. The number of Topliss-reactive ketones (excluding diaryl/α,β-unsaturated/α-hetero) is 1. The van der Waals surface area contributed by atoms with Crippen LogP contribution in [-0.2, 0) is 6.42 Å². The molecule has 0 atom stereocenters. The molecule has 0 unspecified atom stereocenters. The first kappa shape index (κ1) is 19.6. The molecule has 0 bridgehead atoms. The smallest absolute Gasteiger partial charge is 0.222 e. The summed E-state index contributed by atoms with van der Waals surface area (Å²) < 4.78 is 0.